The van der Waals surface area contributed by atoms with Crippen LogP contribution in [0.15, 0.2) is 54.7 Å². The van der Waals surface area contributed by atoms with E-state index in [9.17, 15) is 14.0 Å². The average molecular weight is 326 g/mol. The van der Waals surface area contributed by atoms with Gasteiger partial charge in [-0.25, -0.2) is 4.39 Å². The summed E-state index contributed by atoms with van der Waals surface area (Å²) in [5.41, 5.74) is 1.64. The maximum absolute atomic E-state index is 13.1. The Morgan fingerprint density at radius 2 is 1.88 bits per heavy atom. The van der Waals surface area contributed by atoms with Crippen molar-refractivity contribution in [1.29, 1.82) is 0 Å². The SMILES string of the molecule is O=C(O)CC(NC(=O)c1cccc2cc[nH]c12)c1ccc(F)cc1. The molecule has 0 spiro atoms. The zero-order valence-electron chi connectivity index (χ0n) is 12.6. The topological polar surface area (TPSA) is 82.2 Å². The van der Waals surface area contributed by atoms with Crippen molar-refractivity contribution in [2.24, 2.45) is 0 Å². The molecule has 0 aliphatic carbocycles. The zero-order chi connectivity index (χ0) is 17.1. The van der Waals surface area contributed by atoms with Gasteiger partial charge in [-0.05, 0) is 29.8 Å². The van der Waals surface area contributed by atoms with Gasteiger partial charge in [0.05, 0.1) is 23.5 Å². The number of amides is 1. The number of rotatable bonds is 5. The van der Waals surface area contributed by atoms with E-state index in [1.54, 1.807) is 18.3 Å². The van der Waals surface area contributed by atoms with Crippen molar-refractivity contribution in [3.05, 3.63) is 71.7 Å². The van der Waals surface area contributed by atoms with E-state index in [2.05, 4.69) is 10.3 Å². The van der Waals surface area contributed by atoms with Gasteiger partial charge in [-0.15, -0.1) is 0 Å². The van der Waals surface area contributed by atoms with Crippen LogP contribution in [-0.4, -0.2) is 22.0 Å². The van der Waals surface area contributed by atoms with Gasteiger partial charge in [-0.1, -0.05) is 24.3 Å². The summed E-state index contributed by atoms with van der Waals surface area (Å²) in [6.07, 6.45) is 1.44. The first-order valence-corrected chi connectivity index (χ1v) is 7.39. The van der Waals surface area contributed by atoms with E-state index in [1.165, 1.54) is 24.3 Å². The van der Waals surface area contributed by atoms with Crippen molar-refractivity contribution in [2.45, 2.75) is 12.5 Å². The second-order valence-corrected chi connectivity index (χ2v) is 5.42. The number of halogens is 1. The summed E-state index contributed by atoms with van der Waals surface area (Å²) in [5.74, 6) is -1.86. The van der Waals surface area contributed by atoms with E-state index in [0.29, 0.717) is 16.6 Å². The minimum absolute atomic E-state index is 0.294. The third-order valence-electron chi connectivity index (χ3n) is 3.79. The number of nitrogens with one attached hydrogen (secondary N) is 2. The lowest BCUT2D eigenvalue weighted by atomic mass is 10.0. The molecule has 1 aromatic heterocycles. The molecule has 2 aromatic carbocycles. The number of H-pyrrole nitrogens is 1. The Morgan fingerprint density at radius 3 is 2.58 bits per heavy atom. The molecule has 122 valence electrons. The van der Waals surface area contributed by atoms with E-state index >= 15 is 0 Å². The predicted molar refractivity (Wildman–Crippen MR) is 87.2 cm³/mol. The summed E-state index contributed by atoms with van der Waals surface area (Å²) < 4.78 is 13.1. The van der Waals surface area contributed by atoms with Crippen LogP contribution in [0.25, 0.3) is 10.9 Å². The van der Waals surface area contributed by atoms with Gasteiger partial charge in [0.25, 0.3) is 5.91 Å². The Kier molecular flexibility index (Phi) is 4.29. The number of carbonyl (C=O) groups is 2. The fourth-order valence-corrected chi connectivity index (χ4v) is 2.63. The molecule has 0 bridgehead atoms. The number of benzene rings is 2. The Balaban J connectivity index is 1.89. The molecule has 0 saturated heterocycles. The predicted octanol–water partition coefficient (Wildman–Crippen LogP) is 3.25. The largest absolute Gasteiger partial charge is 0.481 e. The first-order chi connectivity index (χ1) is 11.5. The van der Waals surface area contributed by atoms with Crippen molar-refractivity contribution < 1.29 is 19.1 Å². The van der Waals surface area contributed by atoms with Crippen molar-refractivity contribution in [1.82, 2.24) is 10.3 Å². The van der Waals surface area contributed by atoms with E-state index in [-0.39, 0.29) is 6.42 Å². The second-order valence-electron chi connectivity index (χ2n) is 5.42. The molecular weight excluding hydrogens is 311 g/mol. The average Bonchev–Trinajstić information content (AvgIpc) is 3.03. The maximum Gasteiger partial charge on any atom is 0.305 e. The van der Waals surface area contributed by atoms with Gasteiger partial charge in [-0.3, -0.25) is 9.59 Å². The molecule has 5 nitrogen and oxygen atoms in total. The van der Waals surface area contributed by atoms with Crippen LogP contribution in [-0.2, 0) is 4.79 Å². The Labute approximate surface area is 137 Å². The Morgan fingerprint density at radius 1 is 1.12 bits per heavy atom. The van der Waals surface area contributed by atoms with Crippen LogP contribution < -0.4 is 5.32 Å². The first kappa shape index (κ1) is 15.7. The lowest BCUT2D eigenvalue weighted by molar-refractivity contribution is -0.137. The molecule has 0 fully saturated rings. The third-order valence-corrected chi connectivity index (χ3v) is 3.79. The van der Waals surface area contributed by atoms with Crippen LogP contribution in [0.4, 0.5) is 4.39 Å². The maximum atomic E-state index is 13.1. The molecule has 24 heavy (non-hydrogen) atoms. The monoisotopic (exact) mass is 326 g/mol. The van der Waals surface area contributed by atoms with Gasteiger partial charge in [0.1, 0.15) is 5.82 Å². The minimum atomic E-state index is -1.05. The van der Waals surface area contributed by atoms with Crippen molar-refractivity contribution >= 4 is 22.8 Å². The zero-order valence-corrected chi connectivity index (χ0v) is 12.6. The molecule has 0 saturated carbocycles. The quantitative estimate of drug-likeness (QED) is 0.673. The van der Waals surface area contributed by atoms with E-state index in [4.69, 9.17) is 5.11 Å². The number of para-hydroxylation sites is 1. The van der Waals surface area contributed by atoms with Crippen LogP contribution in [0.1, 0.15) is 28.4 Å². The molecule has 0 aliphatic heterocycles. The highest BCUT2D eigenvalue weighted by molar-refractivity contribution is 6.05. The molecule has 3 N–H and O–H groups in total. The molecule has 1 unspecified atom stereocenters. The fourth-order valence-electron chi connectivity index (χ4n) is 2.63. The number of carboxylic acid groups (broad SMARTS) is 1. The van der Waals surface area contributed by atoms with E-state index < -0.39 is 23.7 Å². The van der Waals surface area contributed by atoms with Crippen LogP contribution in [0.5, 0.6) is 0 Å². The third kappa shape index (κ3) is 3.27. The number of hydrogen-bond acceptors (Lipinski definition) is 2. The van der Waals surface area contributed by atoms with Crippen LogP contribution in [0.2, 0.25) is 0 Å². The van der Waals surface area contributed by atoms with E-state index in [0.717, 1.165) is 5.39 Å². The Bertz CT molecular complexity index is 887. The fraction of sp³-hybridized carbons (Fsp3) is 0.111. The Hall–Kier alpha value is -3.15. The summed E-state index contributed by atoms with van der Waals surface area (Å²) >= 11 is 0. The normalized spacial score (nSPS) is 12.0. The highest BCUT2D eigenvalue weighted by atomic mass is 19.1. The van der Waals surface area contributed by atoms with Crippen molar-refractivity contribution in [2.75, 3.05) is 0 Å². The number of fused-ring (bicyclic) bond motifs is 1. The van der Waals surface area contributed by atoms with Crippen molar-refractivity contribution in [3.63, 3.8) is 0 Å². The smallest absolute Gasteiger partial charge is 0.305 e. The summed E-state index contributed by atoms with van der Waals surface area (Å²) in [5, 5.41) is 12.7. The number of hydrogen-bond donors (Lipinski definition) is 3. The molecule has 3 rings (SSSR count). The molecular formula is C18H15FN2O3. The molecule has 6 heteroatoms. The van der Waals surface area contributed by atoms with Gasteiger partial charge < -0.3 is 15.4 Å². The summed E-state index contributed by atoms with van der Waals surface area (Å²) in [6.45, 7) is 0. The molecule has 1 heterocycles. The number of aliphatic carboxylic acids is 1. The number of aromatic amines is 1. The molecule has 3 aromatic rings. The van der Waals surface area contributed by atoms with Gasteiger partial charge >= 0.3 is 5.97 Å². The summed E-state index contributed by atoms with van der Waals surface area (Å²) in [7, 11) is 0. The van der Waals surface area contributed by atoms with Gasteiger partial charge in [0.15, 0.2) is 0 Å². The lowest BCUT2D eigenvalue weighted by Gasteiger charge is -2.18. The van der Waals surface area contributed by atoms with E-state index in [1.807, 2.05) is 12.1 Å². The number of carbonyl (C=O) groups excluding carboxylic acids is 1. The van der Waals surface area contributed by atoms with Gasteiger partial charge in [0.2, 0.25) is 0 Å². The minimum Gasteiger partial charge on any atom is -0.481 e. The molecule has 0 radical (unpaired) electrons. The second kappa shape index (κ2) is 6.54. The molecule has 0 aliphatic rings. The standard InChI is InChI=1S/C18H15FN2O3/c19-13-6-4-11(5-7-13)15(10-16(22)23)21-18(24)14-3-1-2-12-8-9-20-17(12)14/h1-9,15,20H,10H2,(H,21,24)(H,22,23). The lowest BCUT2D eigenvalue weighted by Crippen LogP contribution is -2.30. The highest BCUT2D eigenvalue weighted by Gasteiger charge is 2.20. The van der Waals surface area contributed by atoms with Crippen LogP contribution >= 0.6 is 0 Å². The van der Waals surface area contributed by atoms with Gasteiger partial charge in [-0.2, -0.15) is 0 Å². The molecule has 1 atom stereocenters. The van der Waals surface area contributed by atoms with Crippen molar-refractivity contribution in [3.8, 4) is 0 Å². The molecule has 1 amide bonds. The van der Waals surface area contributed by atoms with Crippen LogP contribution in [0.3, 0.4) is 0 Å². The van der Waals surface area contributed by atoms with Gasteiger partial charge in [0, 0.05) is 11.6 Å². The summed E-state index contributed by atoms with van der Waals surface area (Å²) in [6, 6.07) is 11.8. The van der Waals surface area contributed by atoms with Crippen LogP contribution in [0, 0.1) is 5.82 Å². The number of aromatic nitrogens is 1. The first-order valence-electron chi connectivity index (χ1n) is 7.39. The highest BCUT2D eigenvalue weighted by Crippen LogP contribution is 2.21. The number of carboxylic acids is 1. The summed E-state index contributed by atoms with van der Waals surface area (Å²) in [4.78, 5) is 26.7.